The maximum Gasteiger partial charge on any atom is 0.0991 e. The van der Waals surface area contributed by atoms with Crippen molar-refractivity contribution in [3.63, 3.8) is 0 Å². The summed E-state index contributed by atoms with van der Waals surface area (Å²) in [5.74, 6) is 0. The highest BCUT2D eigenvalue weighted by atomic mass is 127. The molecule has 0 unspecified atom stereocenters. The van der Waals surface area contributed by atoms with Gasteiger partial charge in [-0.15, -0.1) is 0 Å². The molecule has 0 aliphatic rings. The zero-order valence-electron chi connectivity index (χ0n) is 6.96. The molecule has 1 aromatic heterocycles. The average molecular weight is 315 g/mol. The van der Waals surface area contributed by atoms with Crippen molar-refractivity contribution in [1.82, 2.24) is 4.98 Å². The molecule has 0 amide bonds. The third-order valence-corrected chi connectivity index (χ3v) is 3.43. The highest BCUT2D eigenvalue weighted by Gasteiger charge is 2.04. The maximum atomic E-state index is 8.74. The Labute approximate surface area is 99.7 Å². The molecule has 0 saturated carbocycles. The molecule has 2 rings (SSSR count). The van der Waals surface area contributed by atoms with E-state index in [1.54, 1.807) is 24.4 Å². The molecule has 2 nitrogen and oxygen atoms in total. The van der Waals surface area contributed by atoms with Crippen LogP contribution in [0.2, 0.25) is 5.02 Å². The lowest BCUT2D eigenvalue weighted by atomic mass is 10.1. The Morgan fingerprint density at radius 3 is 2.93 bits per heavy atom. The number of nitrogens with zero attached hydrogens (tertiary/aromatic N) is 2. The molecule has 0 radical (unpaired) electrons. The lowest BCUT2D eigenvalue weighted by Crippen LogP contribution is -1.84. The van der Waals surface area contributed by atoms with Crippen molar-refractivity contribution in [2.45, 2.75) is 0 Å². The van der Waals surface area contributed by atoms with E-state index < -0.39 is 0 Å². The maximum absolute atomic E-state index is 8.74. The van der Waals surface area contributed by atoms with Crippen LogP contribution in [0.1, 0.15) is 5.56 Å². The van der Waals surface area contributed by atoms with E-state index in [-0.39, 0.29) is 0 Å². The summed E-state index contributed by atoms with van der Waals surface area (Å²) in [6.07, 6.45) is 1.72. The number of pyridine rings is 1. The summed E-state index contributed by atoms with van der Waals surface area (Å²) in [6, 6.07) is 7.37. The molecule has 14 heavy (non-hydrogen) atoms. The van der Waals surface area contributed by atoms with Crippen LogP contribution in [0, 0.1) is 14.9 Å². The Kier molecular flexibility index (Phi) is 2.57. The van der Waals surface area contributed by atoms with Crippen molar-refractivity contribution in [2.24, 2.45) is 0 Å². The van der Waals surface area contributed by atoms with Gasteiger partial charge in [0.1, 0.15) is 0 Å². The number of benzene rings is 1. The molecule has 0 aliphatic carbocycles. The van der Waals surface area contributed by atoms with Gasteiger partial charge in [-0.05, 0) is 40.8 Å². The standard InChI is InChI=1S/C10H4ClIN2/c11-10-7-3-6(4-13)1-2-9(7)14-5-8(10)12/h1-3,5H. The normalized spacial score (nSPS) is 10.1. The fraction of sp³-hybridized carbons (Fsp3) is 0. The SMILES string of the molecule is N#Cc1ccc2ncc(I)c(Cl)c2c1. The first-order valence-electron chi connectivity index (χ1n) is 3.86. The van der Waals surface area contributed by atoms with Crippen LogP contribution >= 0.6 is 34.2 Å². The number of aromatic nitrogens is 1. The summed E-state index contributed by atoms with van der Waals surface area (Å²) in [5.41, 5.74) is 1.41. The van der Waals surface area contributed by atoms with Crippen LogP contribution in [0.25, 0.3) is 10.9 Å². The molecular formula is C10H4ClIN2. The molecule has 68 valence electrons. The van der Waals surface area contributed by atoms with E-state index >= 15 is 0 Å². The monoisotopic (exact) mass is 314 g/mol. The molecule has 0 N–H and O–H groups in total. The van der Waals surface area contributed by atoms with Crippen LogP contribution in [-0.4, -0.2) is 4.98 Å². The zero-order chi connectivity index (χ0) is 10.1. The summed E-state index contributed by atoms with van der Waals surface area (Å²) in [6.45, 7) is 0. The topological polar surface area (TPSA) is 36.7 Å². The molecule has 0 aliphatic heterocycles. The largest absolute Gasteiger partial charge is 0.255 e. The van der Waals surface area contributed by atoms with Gasteiger partial charge in [0.15, 0.2) is 0 Å². The molecule has 2 aromatic rings. The van der Waals surface area contributed by atoms with E-state index in [9.17, 15) is 0 Å². The summed E-state index contributed by atoms with van der Waals surface area (Å²) < 4.78 is 0.895. The van der Waals surface area contributed by atoms with Gasteiger partial charge in [0.05, 0.1) is 25.7 Å². The lowest BCUT2D eigenvalue weighted by molar-refractivity contribution is 1.38. The summed E-state index contributed by atoms with van der Waals surface area (Å²) >= 11 is 8.22. The Morgan fingerprint density at radius 1 is 1.43 bits per heavy atom. The minimum absolute atomic E-state index is 0.600. The Hall–Kier alpha value is -0.860. The van der Waals surface area contributed by atoms with Crippen molar-refractivity contribution in [3.05, 3.63) is 38.6 Å². The fourth-order valence-electron chi connectivity index (χ4n) is 1.21. The number of halogens is 2. The molecule has 0 fully saturated rings. The summed E-state index contributed by atoms with van der Waals surface area (Å²) in [5, 5.41) is 10.2. The second kappa shape index (κ2) is 3.71. The second-order valence-corrected chi connectivity index (χ2v) is 4.30. The lowest BCUT2D eigenvalue weighted by Gasteiger charge is -2.01. The predicted molar refractivity (Wildman–Crippen MR) is 64.2 cm³/mol. The minimum Gasteiger partial charge on any atom is -0.255 e. The summed E-state index contributed by atoms with van der Waals surface area (Å²) in [4.78, 5) is 4.22. The van der Waals surface area contributed by atoms with Gasteiger partial charge in [-0.25, -0.2) is 0 Å². The van der Waals surface area contributed by atoms with Gasteiger partial charge in [0.25, 0.3) is 0 Å². The minimum atomic E-state index is 0.600. The molecule has 1 aromatic carbocycles. The van der Waals surface area contributed by atoms with Crippen LogP contribution in [0.3, 0.4) is 0 Å². The number of hydrogen-bond acceptors (Lipinski definition) is 2. The van der Waals surface area contributed by atoms with E-state index in [1.165, 1.54) is 0 Å². The Morgan fingerprint density at radius 2 is 2.21 bits per heavy atom. The number of rotatable bonds is 0. The van der Waals surface area contributed by atoms with Crippen LogP contribution in [0.15, 0.2) is 24.4 Å². The van der Waals surface area contributed by atoms with Crippen LogP contribution < -0.4 is 0 Å². The first-order valence-corrected chi connectivity index (χ1v) is 5.32. The van der Waals surface area contributed by atoms with E-state index in [1.807, 2.05) is 0 Å². The third-order valence-electron chi connectivity index (χ3n) is 1.89. The van der Waals surface area contributed by atoms with Gasteiger partial charge in [-0.1, -0.05) is 11.6 Å². The average Bonchev–Trinajstić information content (AvgIpc) is 2.23. The second-order valence-electron chi connectivity index (χ2n) is 2.76. The first kappa shape index (κ1) is 9.69. The van der Waals surface area contributed by atoms with Crippen molar-refractivity contribution >= 4 is 45.1 Å². The van der Waals surface area contributed by atoms with E-state index in [0.29, 0.717) is 10.6 Å². The Balaban J connectivity index is 2.86. The van der Waals surface area contributed by atoms with Crippen LogP contribution in [0.4, 0.5) is 0 Å². The molecular weight excluding hydrogens is 310 g/mol. The Bertz CT molecular complexity index is 546. The zero-order valence-corrected chi connectivity index (χ0v) is 9.87. The van der Waals surface area contributed by atoms with Crippen LogP contribution in [0.5, 0.6) is 0 Å². The fourth-order valence-corrected chi connectivity index (χ4v) is 1.84. The first-order chi connectivity index (χ1) is 6.72. The van der Waals surface area contributed by atoms with Crippen molar-refractivity contribution < 1.29 is 0 Å². The van der Waals surface area contributed by atoms with Gasteiger partial charge < -0.3 is 0 Å². The molecule has 1 heterocycles. The number of nitriles is 1. The van der Waals surface area contributed by atoms with Crippen LogP contribution in [-0.2, 0) is 0 Å². The van der Waals surface area contributed by atoms with Crippen molar-refractivity contribution in [2.75, 3.05) is 0 Å². The van der Waals surface area contributed by atoms with Gasteiger partial charge in [-0.3, -0.25) is 4.98 Å². The van der Waals surface area contributed by atoms with Gasteiger partial charge in [0, 0.05) is 11.6 Å². The predicted octanol–water partition coefficient (Wildman–Crippen LogP) is 3.36. The molecule has 4 heteroatoms. The van der Waals surface area contributed by atoms with Gasteiger partial charge >= 0.3 is 0 Å². The van der Waals surface area contributed by atoms with E-state index in [0.717, 1.165) is 14.5 Å². The van der Waals surface area contributed by atoms with E-state index in [2.05, 4.69) is 33.6 Å². The molecule has 0 bridgehead atoms. The quantitative estimate of drug-likeness (QED) is 0.699. The molecule has 0 saturated heterocycles. The smallest absolute Gasteiger partial charge is 0.0991 e. The van der Waals surface area contributed by atoms with Gasteiger partial charge in [0.2, 0.25) is 0 Å². The van der Waals surface area contributed by atoms with E-state index in [4.69, 9.17) is 16.9 Å². The third kappa shape index (κ3) is 1.56. The highest BCUT2D eigenvalue weighted by Crippen LogP contribution is 2.27. The summed E-state index contributed by atoms with van der Waals surface area (Å²) in [7, 11) is 0. The number of fused-ring (bicyclic) bond motifs is 1. The molecule has 0 atom stereocenters. The highest BCUT2D eigenvalue weighted by molar-refractivity contribution is 14.1. The van der Waals surface area contributed by atoms with Crippen molar-refractivity contribution in [1.29, 1.82) is 5.26 Å². The van der Waals surface area contributed by atoms with Gasteiger partial charge in [-0.2, -0.15) is 5.26 Å². The number of hydrogen-bond donors (Lipinski definition) is 0. The molecule has 0 spiro atoms. The van der Waals surface area contributed by atoms with Crippen molar-refractivity contribution in [3.8, 4) is 6.07 Å².